The Morgan fingerprint density at radius 2 is 1.00 bits per heavy atom. The average Bonchev–Trinajstić information content (AvgIpc) is 3.72. The number of anilines is 9. The first-order valence-corrected chi connectivity index (χ1v) is 26.4. The quantitative estimate of drug-likeness (QED) is 0.159. The molecule has 4 heteroatoms. The highest BCUT2D eigenvalue weighted by atomic mass is 15.2. The number of hydrogen-bond donors (Lipinski definition) is 0. The second-order valence-corrected chi connectivity index (χ2v) is 25.0. The highest BCUT2D eigenvalue weighted by molar-refractivity contribution is 7.00. The summed E-state index contributed by atoms with van der Waals surface area (Å²) in [7, 11) is 0. The van der Waals surface area contributed by atoms with Crippen LogP contribution in [0.3, 0.4) is 0 Å². The van der Waals surface area contributed by atoms with Gasteiger partial charge >= 0.3 is 0 Å². The minimum absolute atomic E-state index is 0.0213. The topological polar surface area (TPSA) is 9.72 Å². The van der Waals surface area contributed by atoms with Gasteiger partial charge in [-0.05, 0) is 200 Å². The van der Waals surface area contributed by atoms with E-state index in [1.54, 1.807) is 0 Å². The van der Waals surface area contributed by atoms with Gasteiger partial charge < -0.3 is 14.7 Å². The molecule has 0 bridgehead atoms. The van der Waals surface area contributed by atoms with Crippen molar-refractivity contribution in [2.75, 3.05) is 14.7 Å². The van der Waals surface area contributed by atoms with E-state index in [2.05, 4.69) is 236 Å². The van der Waals surface area contributed by atoms with Crippen molar-refractivity contribution in [2.45, 2.75) is 129 Å². The van der Waals surface area contributed by atoms with Gasteiger partial charge in [-0.3, -0.25) is 0 Å². The van der Waals surface area contributed by atoms with Crippen LogP contribution in [0.1, 0.15) is 137 Å². The van der Waals surface area contributed by atoms with E-state index < -0.39 is 6.85 Å². The van der Waals surface area contributed by atoms with Crippen LogP contribution < -0.4 is 31.1 Å². The monoisotopic (exact) mass is 941 g/mol. The van der Waals surface area contributed by atoms with Gasteiger partial charge in [-0.15, -0.1) is 0 Å². The predicted octanol–water partition coefficient (Wildman–Crippen LogP) is 16.5. The van der Waals surface area contributed by atoms with Crippen LogP contribution >= 0.6 is 0 Å². The second kappa shape index (κ2) is 15.1. The predicted molar refractivity (Wildman–Crippen MR) is 308 cm³/mol. The molecule has 8 aromatic rings. The van der Waals surface area contributed by atoms with Crippen LogP contribution in [-0.4, -0.2) is 6.71 Å². The van der Waals surface area contributed by atoms with Crippen molar-refractivity contribution >= 4 is 74.3 Å². The van der Waals surface area contributed by atoms with E-state index in [1.807, 2.05) is 12.1 Å². The van der Waals surface area contributed by atoms with Gasteiger partial charge in [0.15, 0.2) is 0 Å². The van der Waals surface area contributed by atoms with Crippen molar-refractivity contribution in [3.8, 4) is 11.1 Å². The lowest BCUT2D eigenvalue weighted by atomic mass is 9.33. The number of rotatable bonds is 5. The van der Waals surface area contributed by atoms with Gasteiger partial charge in [-0.2, -0.15) is 0 Å². The van der Waals surface area contributed by atoms with E-state index in [0.717, 1.165) is 75.9 Å². The van der Waals surface area contributed by atoms with Crippen LogP contribution in [0.4, 0.5) is 51.2 Å². The fourth-order valence-electron chi connectivity index (χ4n) is 14.5. The highest BCUT2D eigenvalue weighted by Crippen LogP contribution is 2.56. The van der Waals surface area contributed by atoms with Crippen molar-refractivity contribution in [3.63, 3.8) is 0 Å². The maximum atomic E-state index is 9.32. The van der Waals surface area contributed by atoms with Crippen molar-refractivity contribution in [1.29, 1.82) is 0 Å². The summed E-state index contributed by atoms with van der Waals surface area (Å²) in [6.45, 7) is 23.6. The van der Waals surface area contributed by atoms with Gasteiger partial charge in [0.2, 0.25) is 0 Å². The summed E-state index contributed by atoms with van der Waals surface area (Å²) in [5.74, 6) is 0. The van der Waals surface area contributed by atoms with E-state index >= 15 is 0 Å². The largest absolute Gasteiger partial charge is 0.311 e. The summed E-state index contributed by atoms with van der Waals surface area (Å²) in [6, 6.07) is 58.3. The molecule has 2 heterocycles. The zero-order valence-electron chi connectivity index (χ0n) is 47.1. The third-order valence-corrected chi connectivity index (χ3v) is 18.1. The summed E-state index contributed by atoms with van der Waals surface area (Å²) in [5.41, 5.74) is 24.7. The highest BCUT2D eigenvalue weighted by Gasteiger charge is 2.49. The first-order valence-electron chi connectivity index (χ1n) is 27.9. The number of aryl methyl sites for hydroxylation is 2. The maximum absolute atomic E-state index is 9.32. The van der Waals surface area contributed by atoms with Crippen molar-refractivity contribution in [2.24, 2.45) is 0 Å². The van der Waals surface area contributed by atoms with Crippen LogP contribution in [0, 0.1) is 13.8 Å². The third-order valence-electron chi connectivity index (χ3n) is 18.1. The number of benzene rings is 8. The molecule has 72 heavy (non-hydrogen) atoms. The first kappa shape index (κ1) is 41.8. The van der Waals surface area contributed by atoms with Crippen molar-refractivity contribution in [1.82, 2.24) is 0 Å². The molecule has 13 rings (SSSR count). The van der Waals surface area contributed by atoms with E-state index in [4.69, 9.17) is 0 Å². The second-order valence-electron chi connectivity index (χ2n) is 25.0. The molecule has 8 aromatic carbocycles. The fraction of sp³-hybridized carbons (Fsp3) is 0.294. The van der Waals surface area contributed by atoms with Crippen LogP contribution in [-0.2, 0) is 27.1 Å². The van der Waals surface area contributed by atoms with Crippen molar-refractivity contribution < 1.29 is 4.11 Å². The molecule has 2 aliphatic heterocycles. The molecule has 0 saturated heterocycles. The summed E-state index contributed by atoms with van der Waals surface area (Å²) in [6.07, 6.45) is 3.24. The Morgan fingerprint density at radius 3 is 1.67 bits per heavy atom. The number of hydrogen-bond acceptors (Lipinski definition) is 3. The van der Waals surface area contributed by atoms with E-state index in [1.165, 1.54) is 61.0 Å². The van der Waals surface area contributed by atoms with E-state index in [9.17, 15) is 4.11 Å². The third kappa shape index (κ3) is 6.42. The Labute approximate surface area is 433 Å². The van der Waals surface area contributed by atoms with Gasteiger partial charge in [0.05, 0.1) is 0 Å². The van der Waals surface area contributed by atoms with Gasteiger partial charge in [-0.1, -0.05) is 154 Å². The van der Waals surface area contributed by atoms with Crippen LogP contribution in [0.15, 0.2) is 158 Å². The minimum atomic E-state index is -2.40. The molecule has 0 unspecified atom stereocenters. The summed E-state index contributed by atoms with van der Waals surface area (Å²) < 4.78 is 28.0. The summed E-state index contributed by atoms with van der Waals surface area (Å²) >= 11 is 0. The molecule has 0 radical (unpaired) electrons. The van der Waals surface area contributed by atoms with Gasteiger partial charge in [0.25, 0.3) is 6.71 Å². The lowest BCUT2D eigenvalue weighted by Crippen LogP contribution is -2.62. The van der Waals surface area contributed by atoms with Gasteiger partial charge in [-0.25, -0.2) is 0 Å². The number of nitrogens with zero attached hydrogens (tertiary/aromatic N) is 3. The maximum Gasteiger partial charge on any atom is 0.252 e. The molecule has 358 valence electrons. The molecule has 0 saturated carbocycles. The lowest BCUT2D eigenvalue weighted by molar-refractivity contribution is 0.332. The Bertz CT molecular complexity index is 3660. The number of fused-ring (bicyclic) bond motifs is 9. The molecule has 0 fully saturated rings. The first-order chi connectivity index (χ1) is 35.5. The SMILES string of the molecule is [2H]C([2H])([2H])c1cc2c3c(c1)N(c1cc4c(cc1C)C(C)(C)CC4(C)C)c1cc4c(cc1B3c1ccc(N(c3ccccc3)c3ccccc3)cc1N2c1ccc2c(c1)C(C)(C)c1ccccc1-2)C(C)(C)CCC4(C)C. The fourth-order valence-corrected chi connectivity index (χ4v) is 14.5. The molecular formula is C68H68BN3. The molecule has 5 aliphatic rings. The average molecular weight is 941 g/mol. The molecule has 0 aromatic heterocycles. The van der Waals surface area contributed by atoms with E-state index in [-0.39, 0.29) is 33.8 Å². The molecule has 3 nitrogen and oxygen atoms in total. The molecule has 0 atom stereocenters. The Hall–Kier alpha value is -6.78. The molecule has 0 N–H and O–H groups in total. The Kier molecular flexibility index (Phi) is 8.79. The smallest absolute Gasteiger partial charge is 0.252 e. The Balaban J connectivity index is 1.16. The molecular weight excluding hydrogens is 870 g/mol. The van der Waals surface area contributed by atoms with Crippen molar-refractivity contribution in [3.05, 3.63) is 202 Å². The van der Waals surface area contributed by atoms with Gasteiger partial charge in [0.1, 0.15) is 0 Å². The minimum Gasteiger partial charge on any atom is -0.311 e. The standard InChI is InChI=1S/C68H68BN3/c1-42-33-61-63-62(34-42)72(58-39-55-52(35-43(58)2)66(7,8)41-67(55,9)10)60-40-54-53(64(3,4)31-32-65(54,5)6)38-57(60)69(63)56-30-28-47(70(44-21-15-13-16-22-44)45-23-17-14-18-24-45)37-59(56)71(61)46-27-29-49-48-25-19-20-26-50(48)68(11,12)51(49)36-46/h13-30,33-40H,31-32,41H2,1-12H3/i1D3. The zero-order chi connectivity index (χ0) is 52.5. The molecule has 3 aliphatic carbocycles. The number of para-hydroxylation sites is 2. The van der Waals surface area contributed by atoms with E-state index in [0.29, 0.717) is 5.56 Å². The normalized spacial score (nSPS) is 19.1. The van der Waals surface area contributed by atoms with Crippen LogP contribution in [0.5, 0.6) is 0 Å². The summed E-state index contributed by atoms with van der Waals surface area (Å²) in [4.78, 5) is 7.27. The lowest BCUT2D eigenvalue weighted by Gasteiger charge is -2.48. The van der Waals surface area contributed by atoms with Gasteiger partial charge in [0, 0.05) is 60.7 Å². The van der Waals surface area contributed by atoms with Crippen LogP contribution in [0.25, 0.3) is 11.1 Å². The summed E-state index contributed by atoms with van der Waals surface area (Å²) in [5, 5.41) is 0. The molecule has 0 spiro atoms. The Morgan fingerprint density at radius 1 is 0.444 bits per heavy atom. The molecule has 0 amide bonds. The zero-order valence-corrected chi connectivity index (χ0v) is 44.1. The van der Waals surface area contributed by atoms with Crippen LogP contribution in [0.2, 0.25) is 0 Å².